The summed E-state index contributed by atoms with van der Waals surface area (Å²) in [6, 6.07) is 4.57. The Morgan fingerprint density at radius 1 is 1.35 bits per heavy atom. The number of nitrogens with zero attached hydrogens (tertiary/aromatic N) is 2. The van der Waals surface area contributed by atoms with Gasteiger partial charge in [-0.25, -0.2) is 9.82 Å². The van der Waals surface area contributed by atoms with Crippen molar-refractivity contribution in [3.8, 4) is 0 Å². The number of nitrogens with one attached hydrogen (secondary N) is 1. The van der Waals surface area contributed by atoms with E-state index in [9.17, 15) is 4.39 Å². The number of hydrogen-bond acceptors (Lipinski definition) is 3. The van der Waals surface area contributed by atoms with Crippen molar-refractivity contribution in [1.82, 2.24) is 15.2 Å². The smallest absolute Gasteiger partial charge is 0.129 e. The molecule has 2 aromatic rings. The molecule has 1 unspecified atom stereocenters. The molecular formula is C13H15Br2FN4. The van der Waals surface area contributed by atoms with Crippen molar-refractivity contribution in [1.29, 1.82) is 0 Å². The van der Waals surface area contributed by atoms with Gasteiger partial charge < -0.3 is 0 Å². The second-order valence-corrected chi connectivity index (χ2v) is 6.45. The Hall–Kier alpha value is -0.760. The third-order valence-corrected chi connectivity index (χ3v) is 4.09. The van der Waals surface area contributed by atoms with Gasteiger partial charge in [-0.2, -0.15) is 5.10 Å². The van der Waals surface area contributed by atoms with Crippen LogP contribution in [0.25, 0.3) is 0 Å². The number of rotatable bonds is 4. The predicted octanol–water partition coefficient (Wildman–Crippen LogP) is 3.68. The summed E-state index contributed by atoms with van der Waals surface area (Å²) in [7, 11) is 0. The fourth-order valence-corrected chi connectivity index (χ4v) is 2.92. The van der Waals surface area contributed by atoms with Crippen LogP contribution in [0.2, 0.25) is 0 Å². The molecule has 0 aliphatic rings. The van der Waals surface area contributed by atoms with Gasteiger partial charge in [-0.3, -0.25) is 10.5 Å². The lowest BCUT2D eigenvalue weighted by molar-refractivity contribution is 0.466. The number of benzene rings is 1. The summed E-state index contributed by atoms with van der Waals surface area (Å²) in [6.45, 7) is 4.02. The maximum atomic E-state index is 14.2. The van der Waals surface area contributed by atoms with Crippen LogP contribution in [0.1, 0.15) is 37.2 Å². The van der Waals surface area contributed by atoms with Crippen molar-refractivity contribution >= 4 is 31.9 Å². The van der Waals surface area contributed by atoms with E-state index in [4.69, 9.17) is 5.84 Å². The van der Waals surface area contributed by atoms with Crippen molar-refractivity contribution in [3.63, 3.8) is 0 Å². The molecule has 0 aliphatic heterocycles. The number of nitrogens with two attached hydrogens (primary N) is 1. The first kappa shape index (κ1) is 15.6. The predicted molar refractivity (Wildman–Crippen MR) is 83.6 cm³/mol. The second-order valence-electron chi connectivity index (χ2n) is 4.68. The molecule has 3 N–H and O–H groups in total. The van der Waals surface area contributed by atoms with Gasteiger partial charge in [-0.05, 0) is 41.9 Å². The SMILES string of the molecule is CC(C)n1ncc(Br)c1C(NN)c1ccc(Br)cc1F. The molecule has 7 heteroatoms. The third kappa shape index (κ3) is 2.95. The van der Waals surface area contributed by atoms with E-state index in [1.807, 2.05) is 18.5 Å². The average Bonchev–Trinajstić information content (AvgIpc) is 2.75. The van der Waals surface area contributed by atoms with E-state index < -0.39 is 6.04 Å². The van der Waals surface area contributed by atoms with E-state index in [-0.39, 0.29) is 11.9 Å². The molecule has 20 heavy (non-hydrogen) atoms. The van der Waals surface area contributed by atoms with E-state index in [1.54, 1.807) is 18.3 Å². The summed E-state index contributed by atoms with van der Waals surface area (Å²) in [6.07, 6.45) is 1.69. The fourth-order valence-electron chi connectivity index (χ4n) is 2.08. The van der Waals surface area contributed by atoms with Crippen LogP contribution in [0.4, 0.5) is 4.39 Å². The van der Waals surface area contributed by atoms with E-state index in [0.29, 0.717) is 10.0 Å². The zero-order valence-corrected chi connectivity index (χ0v) is 14.2. The standard InChI is InChI=1S/C13H15Br2FN4/c1-7(2)20-13(10(15)6-18-20)12(19-17)9-4-3-8(14)5-11(9)16/h3-7,12,19H,17H2,1-2H3. The molecule has 0 saturated heterocycles. The third-order valence-electron chi connectivity index (χ3n) is 2.99. The van der Waals surface area contributed by atoms with E-state index in [0.717, 1.165) is 10.2 Å². The van der Waals surface area contributed by atoms with Crippen molar-refractivity contribution < 1.29 is 4.39 Å². The fraction of sp³-hybridized carbons (Fsp3) is 0.308. The molecular weight excluding hydrogens is 391 g/mol. The quantitative estimate of drug-likeness (QED) is 0.602. The van der Waals surface area contributed by atoms with Gasteiger partial charge in [0.05, 0.1) is 22.4 Å². The summed E-state index contributed by atoms with van der Waals surface area (Å²) in [5, 5.41) is 4.30. The molecule has 0 aliphatic carbocycles. The summed E-state index contributed by atoms with van der Waals surface area (Å²) in [5.74, 6) is 5.32. The molecule has 0 radical (unpaired) electrons. The maximum Gasteiger partial charge on any atom is 0.129 e. The molecule has 1 aromatic heterocycles. The number of hydrazine groups is 1. The van der Waals surface area contributed by atoms with Gasteiger partial charge >= 0.3 is 0 Å². The zero-order chi connectivity index (χ0) is 14.9. The zero-order valence-electron chi connectivity index (χ0n) is 11.1. The van der Waals surface area contributed by atoms with E-state index in [1.165, 1.54) is 6.07 Å². The molecule has 0 fully saturated rings. The summed E-state index contributed by atoms with van der Waals surface area (Å²) < 4.78 is 17.5. The molecule has 1 atom stereocenters. The summed E-state index contributed by atoms with van der Waals surface area (Å²) >= 11 is 6.70. The molecule has 108 valence electrons. The lowest BCUT2D eigenvalue weighted by Gasteiger charge is -2.21. The van der Waals surface area contributed by atoms with Crippen LogP contribution in [0, 0.1) is 5.82 Å². The minimum atomic E-state index is -0.484. The molecule has 0 spiro atoms. The van der Waals surface area contributed by atoms with Crippen LogP contribution < -0.4 is 11.3 Å². The minimum Gasteiger partial charge on any atom is -0.271 e. The second kappa shape index (κ2) is 6.34. The van der Waals surface area contributed by atoms with Gasteiger partial charge in [0.15, 0.2) is 0 Å². The highest BCUT2D eigenvalue weighted by atomic mass is 79.9. The van der Waals surface area contributed by atoms with E-state index in [2.05, 4.69) is 42.4 Å². The van der Waals surface area contributed by atoms with Crippen LogP contribution in [0.3, 0.4) is 0 Å². The van der Waals surface area contributed by atoms with Crippen molar-refractivity contribution in [2.24, 2.45) is 5.84 Å². The van der Waals surface area contributed by atoms with Gasteiger partial charge in [0, 0.05) is 16.1 Å². The van der Waals surface area contributed by atoms with Crippen LogP contribution in [-0.2, 0) is 0 Å². The Kier molecular flexibility index (Phi) is 4.95. The van der Waals surface area contributed by atoms with Gasteiger partial charge in [-0.1, -0.05) is 22.0 Å². The van der Waals surface area contributed by atoms with Gasteiger partial charge in [-0.15, -0.1) is 0 Å². The highest BCUT2D eigenvalue weighted by Gasteiger charge is 2.24. The highest BCUT2D eigenvalue weighted by molar-refractivity contribution is 9.10. The Morgan fingerprint density at radius 3 is 2.60 bits per heavy atom. The Bertz CT molecular complexity index is 612. The monoisotopic (exact) mass is 404 g/mol. The first-order valence-corrected chi connectivity index (χ1v) is 7.68. The first-order chi connectivity index (χ1) is 9.45. The minimum absolute atomic E-state index is 0.144. The number of aromatic nitrogens is 2. The number of hydrogen-bond donors (Lipinski definition) is 2. The van der Waals surface area contributed by atoms with Crippen LogP contribution in [0.15, 0.2) is 33.3 Å². The Morgan fingerprint density at radius 2 is 2.05 bits per heavy atom. The molecule has 0 amide bonds. The molecule has 4 nitrogen and oxygen atoms in total. The van der Waals surface area contributed by atoms with Gasteiger partial charge in [0.25, 0.3) is 0 Å². The van der Waals surface area contributed by atoms with Crippen LogP contribution in [0.5, 0.6) is 0 Å². The van der Waals surface area contributed by atoms with E-state index >= 15 is 0 Å². The normalized spacial score (nSPS) is 12.9. The summed E-state index contributed by atoms with van der Waals surface area (Å²) in [5.41, 5.74) is 3.94. The molecule has 0 saturated carbocycles. The molecule has 0 bridgehead atoms. The molecule has 1 aromatic carbocycles. The average molecular weight is 406 g/mol. The van der Waals surface area contributed by atoms with Gasteiger partial charge in [0.1, 0.15) is 5.82 Å². The first-order valence-electron chi connectivity index (χ1n) is 6.09. The highest BCUT2D eigenvalue weighted by Crippen LogP contribution is 2.32. The maximum absolute atomic E-state index is 14.2. The van der Waals surface area contributed by atoms with Crippen molar-refractivity contribution in [2.45, 2.75) is 25.9 Å². The van der Waals surface area contributed by atoms with Crippen LogP contribution in [-0.4, -0.2) is 9.78 Å². The lowest BCUT2D eigenvalue weighted by atomic mass is 10.0. The molecule has 2 rings (SSSR count). The molecule has 1 heterocycles. The van der Waals surface area contributed by atoms with Crippen LogP contribution >= 0.6 is 31.9 Å². The lowest BCUT2D eigenvalue weighted by Crippen LogP contribution is -2.32. The van der Waals surface area contributed by atoms with Gasteiger partial charge in [0.2, 0.25) is 0 Å². The van der Waals surface area contributed by atoms with Crippen molar-refractivity contribution in [3.05, 3.63) is 50.4 Å². The van der Waals surface area contributed by atoms with Crippen molar-refractivity contribution in [2.75, 3.05) is 0 Å². The topological polar surface area (TPSA) is 55.9 Å². The Balaban J connectivity index is 2.55. The number of halogens is 3. The largest absolute Gasteiger partial charge is 0.271 e. The summed E-state index contributed by atoms with van der Waals surface area (Å²) in [4.78, 5) is 0. The Labute approximate surface area is 133 Å².